The lowest BCUT2D eigenvalue weighted by molar-refractivity contribution is 0.475. The van der Waals surface area contributed by atoms with E-state index < -0.39 is 0 Å². The minimum atomic E-state index is 0.322. The predicted molar refractivity (Wildman–Crippen MR) is 83.9 cm³/mol. The molecule has 0 aliphatic rings. The lowest BCUT2D eigenvalue weighted by Gasteiger charge is -1.87. The summed E-state index contributed by atoms with van der Waals surface area (Å²) >= 11 is 0. The van der Waals surface area contributed by atoms with Gasteiger partial charge in [-0.05, 0) is 24.3 Å². The third-order valence-corrected chi connectivity index (χ3v) is 3.17. The van der Waals surface area contributed by atoms with Crippen LogP contribution in [-0.4, -0.2) is 10.1 Å². The first-order valence-corrected chi connectivity index (χ1v) is 6.54. The van der Waals surface area contributed by atoms with Crippen molar-refractivity contribution >= 4 is 21.8 Å². The van der Waals surface area contributed by atoms with Crippen LogP contribution in [0, 0.1) is 0 Å². The van der Waals surface area contributed by atoms with Crippen LogP contribution >= 0.6 is 0 Å². The van der Waals surface area contributed by atoms with E-state index in [0.29, 0.717) is 5.75 Å². The van der Waals surface area contributed by atoms with Crippen LogP contribution in [0.25, 0.3) is 21.8 Å². The number of nitrogens with one attached hydrogen (secondary N) is 1. The molecule has 0 aliphatic carbocycles. The van der Waals surface area contributed by atoms with Crippen LogP contribution < -0.4 is 0 Å². The second kappa shape index (κ2) is 5.49. The standard InChI is InChI=1S/C12H9N.C6H6O/c1-3-7-11-9(5-1)10-6-2-4-8-12(10)13-11;7-6-4-2-1-3-5-6/h1-8,13H;1-5,7H. The van der Waals surface area contributed by atoms with Crippen molar-refractivity contribution in [2.24, 2.45) is 0 Å². The van der Waals surface area contributed by atoms with Gasteiger partial charge in [-0.15, -0.1) is 0 Å². The molecule has 2 N–H and O–H groups in total. The summed E-state index contributed by atoms with van der Waals surface area (Å²) in [6, 6.07) is 25.5. The smallest absolute Gasteiger partial charge is 0.115 e. The summed E-state index contributed by atoms with van der Waals surface area (Å²) in [5.74, 6) is 0.322. The number of rotatable bonds is 0. The maximum absolute atomic E-state index is 8.63. The second-order valence-corrected chi connectivity index (χ2v) is 4.55. The van der Waals surface area contributed by atoms with Crippen molar-refractivity contribution in [2.75, 3.05) is 0 Å². The van der Waals surface area contributed by atoms with E-state index in [1.165, 1.54) is 21.8 Å². The fraction of sp³-hybridized carbons (Fsp3) is 0. The van der Waals surface area contributed by atoms with Gasteiger partial charge in [0.1, 0.15) is 5.75 Å². The summed E-state index contributed by atoms with van der Waals surface area (Å²) in [4.78, 5) is 3.38. The zero-order valence-corrected chi connectivity index (χ0v) is 11.0. The number of H-pyrrole nitrogens is 1. The van der Waals surface area contributed by atoms with Crippen molar-refractivity contribution in [1.29, 1.82) is 0 Å². The molecule has 0 bridgehead atoms. The number of phenolic OH excluding ortho intramolecular Hbond substituents is 1. The Morgan fingerprint density at radius 3 is 1.45 bits per heavy atom. The molecule has 20 heavy (non-hydrogen) atoms. The van der Waals surface area contributed by atoms with Gasteiger partial charge >= 0.3 is 0 Å². The third-order valence-electron chi connectivity index (χ3n) is 3.17. The van der Waals surface area contributed by atoms with Crippen LogP contribution in [-0.2, 0) is 0 Å². The van der Waals surface area contributed by atoms with E-state index in [2.05, 4.69) is 53.5 Å². The largest absolute Gasteiger partial charge is 0.508 e. The summed E-state index contributed by atoms with van der Waals surface area (Å²) in [7, 11) is 0. The van der Waals surface area contributed by atoms with E-state index in [1.807, 2.05) is 6.07 Å². The molecular formula is C18H15NO. The van der Waals surface area contributed by atoms with Gasteiger partial charge in [-0.25, -0.2) is 0 Å². The quantitative estimate of drug-likeness (QED) is 0.472. The van der Waals surface area contributed by atoms with Crippen LogP contribution in [0.1, 0.15) is 0 Å². The van der Waals surface area contributed by atoms with Crippen molar-refractivity contribution in [3.63, 3.8) is 0 Å². The number of aromatic amines is 1. The Labute approximate surface area is 117 Å². The van der Waals surface area contributed by atoms with Crippen molar-refractivity contribution in [1.82, 2.24) is 4.98 Å². The average Bonchev–Trinajstić information content (AvgIpc) is 2.87. The number of hydrogen-bond donors (Lipinski definition) is 2. The minimum absolute atomic E-state index is 0.322. The average molecular weight is 261 g/mol. The summed E-state index contributed by atoms with van der Waals surface area (Å²) in [5.41, 5.74) is 2.42. The highest BCUT2D eigenvalue weighted by Crippen LogP contribution is 2.24. The fourth-order valence-electron chi connectivity index (χ4n) is 2.23. The molecule has 2 nitrogen and oxygen atoms in total. The molecule has 1 aromatic heterocycles. The molecule has 0 amide bonds. The zero-order valence-electron chi connectivity index (χ0n) is 11.0. The van der Waals surface area contributed by atoms with Gasteiger partial charge in [0, 0.05) is 21.8 Å². The Kier molecular flexibility index (Phi) is 3.38. The van der Waals surface area contributed by atoms with Gasteiger partial charge in [0.25, 0.3) is 0 Å². The highest BCUT2D eigenvalue weighted by molar-refractivity contribution is 6.06. The number of aromatic nitrogens is 1. The van der Waals surface area contributed by atoms with Crippen LogP contribution in [0.5, 0.6) is 5.75 Å². The molecule has 0 saturated carbocycles. The molecule has 0 atom stereocenters. The Hall–Kier alpha value is -2.74. The zero-order chi connectivity index (χ0) is 13.8. The van der Waals surface area contributed by atoms with Gasteiger partial charge in [0.05, 0.1) is 0 Å². The van der Waals surface area contributed by atoms with E-state index in [1.54, 1.807) is 24.3 Å². The lowest BCUT2D eigenvalue weighted by Crippen LogP contribution is -1.62. The Morgan fingerprint density at radius 2 is 1.00 bits per heavy atom. The Bertz CT molecular complexity index is 768. The molecule has 4 aromatic rings. The molecule has 98 valence electrons. The van der Waals surface area contributed by atoms with Gasteiger partial charge in [-0.2, -0.15) is 0 Å². The summed E-state index contributed by atoms with van der Waals surface area (Å²) in [5, 5.41) is 11.2. The van der Waals surface area contributed by atoms with Crippen LogP contribution in [0.15, 0.2) is 78.9 Å². The lowest BCUT2D eigenvalue weighted by atomic mass is 10.2. The summed E-state index contributed by atoms with van der Waals surface area (Å²) < 4.78 is 0. The van der Waals surface area contributed by atoms with Crippen molar-refractivity contribution in [3.8, 4) is 5.75 Å². The third kappa shape index (κ3) is 2.50. The van der Waals surface area contributed by atoms with Crippen LogP contribution in [0.2, 0.25) is 0 Å². The maximum atomic E-state index is 8.63. The van der Waals surface area contributed by atoms with Crippen molar-refractivity contribution < 1.29 is 5.11 Å². The maximum Gasteiger partial charge on any atom is 0.115 e. The number of phenols is 1. The van der Waals surface area contributed by atoms with Gasteiger partial charge < -0.3 is 10.1 Å². The van der Waals surface area contributed by atoms with Gasteiger partial charge in [-0.3, -0.25) is 0 Å². The van der Waals surface area contributed by atoms with E-state index in [9.17, 15) is 0 Å². The monoisotopic (exact) mass is 261 g/mol. The normalized spacial score (nSPS) is 10.2. The molecule has 4 rings (SSSR count). The molecule has 0 unspecified atom stereocenters. The molecule has 0 aliphatic heterocycles. The summed E-state index contributed by atoms with van der Waals surface area (Å²) in [6.07, 6.45) is 0. The van der Waals surface area contributed by atoms with E-state index >= 15 is 0 Å². The first-order chi connectivity index (χ1) is 9.84. The van der Waals surface area contributed by atoms with Gasteiger partial charge in [0.2, 0.25) is 0 Å². The van der Waals surface area contributed by atoms with E-state index in [-0.39, 0.29) is 0 Å². The Balaban J connectivity index is 0.000000147. The molecule has 1 heterocycles. The number of aromatic hydroxyl groups is 1. The van der Waals surface area contributed by atoms with Gasteiger partial charge in [0.15, 0.2) is 0 Å². The van der Waals surface area contributed by atoms with Crippen LogP contribution in [0.3, 0.4) is 0 Å². The summed E-state index contributed by atoms with van der Waals surface area (Å²) in [6.45, 7) is 0. The Morgan fingerprint density at radius 1 is 0.550 bits per heavy atom. The van der Waals surface area contributed by atoms with E-state index in [4.69, 9.17) is 5.11 Å². The van der Waals surface area contributed by atoms with E-state index in [0.717, 1.165) is 0 Å². The van der Waals surface area contributed by atoms with Crippen molar-refractivity contribution in [2.45, 2.75) is 0 Å². The minimum Gasteiger partial charge on any atom is -0.508 e. The molecule has 0 saturated heterocycles. The number of para-hydroxylation sites is 3. The highest BCUT2D eigenvalue weighted by Gasteiger charge is 2.00. The predicted octanol–water partition coefficient (Wildman–Crippen LogP) is 4.71. The number of benzene rings is 3. The first-order valence-electron chi connectivity index (χ1n) is 6.54. The highest BCUT2D eigenvalue weighted by atomic mass is 16.3. The molecule has 0 radical (unpaired) electrons. The first kappa shape index (κ1) is 12.3. The fourth-order valence-corrected chi connectivity index (χ4v) is 2.23. The van der Waals surface area contributed by atoms with Crippen molar-refractivity contribution in [3.05, 3.63) is 78.9 Å². The number of fused-ring (bicyclic) bond motifs is 3. The topological polar surface area (TPSA) is 36.0 Å². The molecular weight excluding hydrogens is 246 g/mol. The molecule has 0 spiro atoms. The second-order valence-electron chi connectivity index (χ2n) is 4.55. The molecule has 3 aromatic carbocycles. The SMILES string of the molecule is Oc1ccccc1.c1ccc2c(c1)[nH]c1ccccc12. The molecule has 0 fully saturated rings. The number of hydrogen-bond acceptors (Lipinski definition) is 1. The van der Waals surface area contributed by atoms with Gasteiger partial charge in [-0.1, -0.05) is 54.6 Å². The van der Waals surface area contributed by atoms with Crippen LogP contribution in [0.4, 0.5) is 0 Å². The molecule has 2 heteroatoms.